The smallest absolute Gasteiger partial charge is 0.220 e. The zero-order valence-electron chi connectivity index (χ0n) is 9.93. The van der Waals surface area contributed by atoms with E-state index in [2.05, 4.69) is 17.2 Å². The molecule has 0 aliphatic carbocycles. The van der Waals surface area contributed by atoms with Gasteiger partial charge in [0.15, 0.2) is 11.6 Å². The average molecular weight is 253 g/mol. The summed E-state index contributed by atoms with van der Waals surface area (Å²) in [6.07, 6.45) is 0.402. The van der Waals surface area contributed by atoms with Crippen molar-refractivity contribution in [3.8, 4) is 17.6 Å². The Morgan fingerprint density at radius 2 is 2.17 bits per heavy atom. The molecule has 1 rings (SSSR count). The van der Waals surface area contributed by atoms with Crippen LogP contribution in [0.4, 0.5) is 8.78 Å². The maximum absolute atomic E-state index is 13.1. The number of amides is 1. The molecule has 1 N–H and O–H groups in total. The fourth-order valence-corrected chi connectivity index (χ4v) is 1.09. The zero-order chi connectivity index (χ0) is 13.4. The molecule has 0 aromatic heterocycles. The van der Waals surface area contributed by atoms with E-state index in [0.29, 0.717) is 6.42 Å². The fraction of sp³-hybridized carbons (Fsp3) is 0.308. The number of benzene rings is 1. The summed E-state index contributed by atoms with van der Waals surface area (Å²) >= 11 is 0. The van der Waals surface area contributed by atoms with Crippen LogP contribution < -0.4 is 10.1 Å². The molecule has 0 saturated heterocycles. The predicted molar refractivity (Wildman–Crippen MR) is 62.9 cm³/mol. The van der Waals surface area contributed by atoms with Gasteiger partial charge in [0.1, 0.15) is 12.4 Å². The molecule has 0 atom stereocenters. The molecular formula is C13H13F2NO2. The Kier molecular flexibility index (Phi) is 5.65. The highest BCUT2D eigenvalue weighted by atomic mass is 19.1. The SMILES string of the molecule is CCC(=O)NCC#CCOc1ccc(F)cc1F. The van der Waals surface area contributed by atoms with Crippen molar-refractivity contribution in [3.05, 3.63) is 29.8 Å². The van der Waals surface area contributed by atoms with Crippen LogP contribution in [0.5, 0.6) is 5.75 Å². The summed E-state index contributed by atoms with van der Waals surface area (Å²) in [5, 5.41) is 2.56. The second-order valence-corrected chi connectivity index (χ2v) is 3.35. The maximum Gasteiger partial charge on any atom is 0.220 e. The second kappa shape index (κ2) is 7.28. The molecule has 5 heteroatoms. The molecule has 0 aliphatic rings. The van der Waals surface area contributed by atoms with Gasteiger partial charge in [-0.25, -0.2) is 8.78 Å². The van der Waals surface area contributed by atoms with E-state index in [9.17, 15) is 13.6 Å². The van der Waals surface area contributed by atoms with Crippen molar-refractivity contribution in [2.45, 2.75) is 13.3 Å². The van der Waals surface area contributed by atoms with Crippen LogP contribution >= 0.6 is 0 Å². The molecule has 1 aromatic rings. The van der Waals surface area contributed by atoms with Gasteiger partial charge < -0.3 is 10.1 Å². The van der Waals surface area contributed by atoms with Crippen LogP contribution in [-0.4, -0.2) is 19.1 Å². The van der Waals surface area contributed by atoms with Crippen LogP contribution in [0.2, 0.25) is 0 Å². The van der Waals surface area contributed by atoms with Gasteiger partial charge in [0.05, 0.1) is 6.54 Å². The lowest BCUT2D eigenvalue weighted by atomic mass is 10.3. The highest BCUT2D eigenvalue weighted by Gasteiger charge is 2.03. The van der Waals surface area contributed by atoms with Gasteiger partial charge in [-0.2, -0.15) is 0 Å². The number of hydrogen-bond acceptors (Lipinski definition) is 2. The Morgan fingerprint density at radius 3 is 2.83 bits per heavy atom. The molecular weight excluding hydrogens is 240 g/mol. The van der Waals surface area contributed by atoms with Crippen LogP contribution in [0.1, 0.15) is 13.3 Å². The molecule has 1 amide bonds. The van der Waals surface area contributed by atoms with Crippen molar-refractivity contribution < 1.29 is 18.3 Å². The first-order valence-corrected chi connectivity index (χ1v) is 5.43. The summed E-state index contributed by atoms with van der Waals surface area (Å²) in [5.74, 6) is 3.69. The fourth-order valence-electron chi connectivity index (χ4n) is 1.09. The van der Waals surface area contributed by atoms with E-state index in [1.54, 1.807) is 6.92 Å². The summed E-state index contributed by atoms with van der Waals surface area (Å²) in [5.41, 5.74) is 0. The Labute approximate surface area is 104 Å². The van der Waals surface area contributed by atoms with Crippen LogP contribution in [0.15, 0.2) is 18.2 Å². The Bertz CT molecular complexity index is 478. The molecule has 0 bridgehead atoms. The number of hydrogen-bond donors (Lipinski definition) is 1. The molecule has 18 heavy (non-hydrogen) atoms. The lowest BCUT2D eigenvalue weighted by Crippen LogP contribution is -2.22. The maximum atomic E-state index is 13.1. The van der Waals surface area contributed by atoms with E-state index < -0.39 is 11.6 Å². The van der Waals surface area contributed by atoms with Crippen LogP contribution in [-0.2, 0) is 4.79 Å². The molecule has 0 fully saturated rings. The van der Waals surface area contributed by atoms with Gasteiger partial charge in [-0.05, 0) is 12.1 Å². The molecule has 0 spiro atoms. The number of nitrogens with one attached hydrogen (secondary N) is 1. The van der Waals surface area contributed by atoms with Gasteiger partial charge in [0.25, 0.3) is 0 Å². The first-order chi connectivity index (χ1) is 8.63. The minimum atomic E-state index is -0.768. The quantitative estimate of drug-likeness (QED) is 0.832. The molecule has 1 aromatic carbocycles. The molecule has 0 saturated carbocycles. The van der Waals surface area contributed by atoms with E-state index in [-0.39, 0.29) is 24.8 Å². The highest BCUT2D eigenvalue weighted by molar-refractivity contribution is 5.75. The van der Waals surface area contributed by atoms with E-state index in [1.807, 2.05) is 0 Å². The summed E-state index contributed by atoms with van der Waals surface area (Å²) in [4.78, 5) is 10.8. The molecule has 96 valence electrons. The van der Waals surface area contributed by atoms with Gasteiger partial charge in [-0.1, -0.05) is 18.8 Å². The van der Waals surface area contributed by atoms with Crippen molar-refractivity contribution in [1.82, 2.24) is 5.32 Å². The summed E-state index contributed by atoms with van der Waals surface area (Å²) in [7, 11) is 0. The molecule has 0 aliphatic heterocycles. The topological polar surface area (TPSA) is 38.3 Å². The lowest BCUT2D eigenvalue weighted by Gasteiger charge is -2.02. The number of rotatable bonds is 4. The van der Waals surface area contributed by atoms with E-state index in [1.165, 1.54) is 6.07 Å². The van der Waals surface area contributed by atoms with Crippen LogP contribution in [0.25, 0.3) is 0 Å². The van der Waals surface area contributed by atoms with Gasteiger partial charge in [0, 0.05) is 12.5 Å². The molecule has 3 nitrogen and oxygen atoms in total. The Hall–Kier alpha value is -2.09. The third kappa shape index (κ3) is 4.83. The number of carbonyl (C=O) groups is 1. The normalized spacial score (nSPS) is 9.28. The Balaban J connectivity index is 2.33. The van der Waals surface area contributed by atoms with E-state index in [0.717, 1.165) is 12.1 Å². The first-order valence-electron chi connectivity index (χ1n) is 5.43. The molecule has 0 heterocycles. The van der Waals surface area contributed by atoms with Gasteiger partial charge in [-0.3, -0.25) is 4.79 Å². The third-order valence-electron chi connectivity index (χ3n) is 2.01. The third-order valence-corrected chi connectivity index (χ3v) is 2.01. The van der Waals surface area contributed by atoms with Gasteiger partial charge >= 0.3 is 0 Å². The number of ether oxygens (including phenoxy) is 1. The van der Waals surface area contributed by atoms with Crippen molar-refractivity contribution in [3.63, 3.8) is 0 Å². The predicted octanol–water partition coefficient (Wildman–Crippen LogP) is 1.87. The standard InChI is InChI=1S/C13H13F2NO2/c1-2-13(17)16-7-3-4-8-18-12-6-5-10(14)9-11(12)15/h5-6,9H,2,7-8H2,1H3,(H,16,17). The molecule has 0 unspecified atom stereocenters. The highest BCUT2D eigenvalue weighted by Crippen LogP contribution is 2.16. The summed E-state index contributed by atoms with van der Waals surface area (Å²) in [6, 6.07) is 3.04. The second-order valence-electron chi connectivity index (χ2n) is 3.35. The van der Waals surface area contributed by atoms with Crippen molar-refractivity contribution >= 4 is 5.91 Å². The van der Waals surface area contributed by atoms with Crippen molar-refractivity contribution in [2.24, 2.45) is 0 Å². The Morgan fingerprint density at radius 1 is 1.39 bits per heavy atom. The van der Waals surface area contributed by atoms with Crippen LogP contribution in [0.3, 0.4) is 0 Å². The molecule has 0 radical (unpaired) electrons. The van der Waals surface area contributed by atoms with Gasteiger partial charge in [-0.15, -0.1) is 0 Å². The minimum Gasteiger partial charge on any atom is -0.478 e. The number of carbonyl (C=O) groups excluding carboxylic acids is 1. The monoisotopic (exact) mass is 253 g/mol. The zero-order valence-corrected chi connectivity index (χ0v) is 9.93. The first kappa shape index (κ1) is 14.0. The van der Waals surface area contributed by atoms with E-state index >= 15 is 0 Å². The minimum absolute atomic E-state index is 0.0233. The average Bonchev–Trinajstić information content (AvgIpc) is 2.35. The number of halogens is 2. The van der Waals surface area contributed by atoms with Crippen molar-refractivity contribution in [1.29, 1.82) is 0 Å². The summed E-state index contributed by atoms with van der Waals surface area (Å²) in [6.45, 7) is 1.94. The van der Waals surface area contributed by atoms with E-state index in [4.69, 9.17) is 4.74 Å². The summed E-state index contributed by atoms with van der Waals surface area (Å²) < 4.78 is 30.7. The van der Waals surface area contributed by atoms with Crippen molar-refractivity contribution in [2.75, 3.05) is 13.2 Å². The lowest BCUT2D eigenvalue weighted by molar-refractivity contribution is -0.120. The largest absolute Gasteiger partial charge is 0.478 e. The van der Waals surface area contributed by atoms with Crippen LogP contribution in [0, 0.1) is 23.5 Å². The van der Waals surface area contributed by atoms with Gasteiger partial charge in [0.2, 0.25) is 5.91 Å².